The molecule has 1 fully saturated rings. The average molecular weight is 400 g/mol. The molecule has 15 heavy (non-hydrogen) atoms. The highest BCUT2D eigenvalue weighted by Gasteiger charge is 2.23. The van der Waals surface area contributed by atoms with Crippen LogP contribution in [0.1, 0.15) is 24.4 Å². The molecule has 1 saturated heterocycles. The molecule has 1 atom stereocenters. The SMILES string of the molecule is Oc1c(Br)cc(Br)c([C@@H]2CCCN2)c1Br. The standard InChI is InChI=1S/C10H10Br3NO/c11-5-4-6(12)10(15)9(13)8(5)7-2-1-3-14-7/h4,7,14-15H,1-3H2/t7-/m0/s1. The summed E-state index contributed by atoms with van der Waals surface area (Å²) in [5, 5.41) is 13.2. The smallest absolute Gasteiger partial charge is 0.144 e. The summed E-state index contributed by atoms with van der Waals surface area (Å²) in [6.45, 7) is 1.04. The van der Waals surface area contributed by atoms with Crippen molar-refractivity contribution < 1.29 is 5.11 Å². The fourth-order valence-corrected chi connectivity index (χ4v) is 4.52. The van der Waals surface area contributed by atoms with E-state index in [1.54, 1.807) is 0 Å². The van der Waals surface area contributed by atoms with Crippen LogP contribution >= 0.6 is 47.8 Å². The molecule has 1 aliphatic rings. The largest absolute Gasteiger partial charge is 0.506 e. The minimum absolute atomic E-state index is 0.266. The van der Waals surface area contributed by atoms with Gasteiger partial charge in [0.2, 0.25) is 0 Å². The van der Waals surface area contributed by atoms with Gasteiger partial charge >= 0.3 is 0 Å². The lowest BCUT2D eigenvalue weighted by Gasteiger charge is -2.16. The molecule has 1 aromatic rings. The molecule has 0 spiro atoms. The molecule has 0 aromatic heterocycles. The summed E-state index contributed by atoms with van der Waals surface area (Å²) in [7, 11) is 0. The van der Waals surface area contributed by atoms with Crippen molar-refractivity contribution in [1.29, 1.82) is 0 Å². The number of hydrogen-bond donors (Lipinski definition) is 2. The van der Waals surface area contributed by atoms with Crippen molar-refractivity contribution in [2.24, 2.45) is 0 Å². The van der Waals surface area contributed by atoms with E-state index in [1.165, 1.54) is 6.42 Å². The molecule has 2 nitrogen and oxygen atoms in total. The Morgan fingerprint density at radius 2 is 2.00 bits per heavy atom. The molecule has 1 aliphatic heterocycles. The Labute approximate surface area is 114 Å². The van der Waals surface area contributed by atoms with Gasteiger partial charge in [-0.3, -0.25) is 0 Å². The first kappa shape index (κ1) is 11.9. The van der Waals surface area contributed by atoms with Gasteiger partial charge in [-0.05, 0) is 57.3 Å². The summed E-state index contributed by atoms with van der Waals surface area (Å²) in [5.74, 6) is 0.266. The maximum absolute atomic E-state index is 9.83. The Kier molecular flexibility index (Phi) is 3.75. The van der Waals surface area contributed by atoms with E-state index in [9.17, 15) is 5.11 Å². The minimum atomic E-state index is 0.266. The summed E-state index contributed by atoms with van der Waals surface area (Å²) < 4.78 is 2.48. The predicted molar refractivity (Wildman–Crippen MR) is 71.2 cm³/mol. The van der Waals surface area contributed by atoms with E-state index in [0.29, 0.717) is 10.5 Å². The summed E-state index contributed by atoms with van der Waals surface area (Å²) in [4.78, 5) is 0. The van der Waals surface area contributed by atoms with Crippen LogP contribution in [0.5, 0.6) is 5.75 Å². The van der Waals surface area contributed by atoms with Gasteiger partial charge in [0.05, 0.1) is 8.95 Å². The quantitative estimate of drug-likeness (QED) is 0.745. The maximum atomic E-state index is 9.83. The third kappa shape index (κ3) is 2.25. The van der Waals surface area contributed by atoms with Crippen LogP contribution in [0.2, 0.25) is 0 Å². The average Bonchev–Trinajstić information content (AvgIpc) is 2.68. The monoisotopic (exact) mass is 397 g/mol. The van der Waals surface area contributed by atoms with Crippen molar-refractivity contribution in [3.8, 4) is 5.75 Å². The molecule has 2 N–H and O–H groups in total. The fourth-order valence-electron chi connectivity index (χ4n) is 1.84. The summed E-state index contributed by atoms with van der Waals surface area (Å²) >= 11 is 10.3. The predicted octanol–water partition coefficient (Wildman–Crippen LogP) is 4.10. The number of aromatic hydroxyl groups is 1. The van der Waals surface area contributed by atoms with Gasteiger partial charge in [-0.25, -0.2) is 0 Å². The first-order chi connectivity index (χ1) is 7.11. The van der Waals surface area contributed by atoms with Gasteiger partial charge in [0.1, 0.15) is 5.75 Å². The highest BCUT2D eigenvalue weighted by atomic mass is 79.9. The van der Waals surface area contributed by atoms with Crippen LogP contribution in [-0.4, -0.2) is 11.7 Å². The second-order valence-electron chi connectivity index (χ2n) is 3.57. The van der Waals surface area contributed by atoms with Gasteiger partial charge < -0.3 is 10.4 Å². The highest BCUT2D eigenvalue weighted by molar-refractivity contribution is 9.11. The Hall–Kier alpha value is 0.420. The molecule has 1 heterocycles. The van der Waals surface area contributed by atoms with Crippen molar-refractivity contribution >= 4 is 47.8 Å². The topological polar surface area (TPSA) is 32.3 Å². The van der Waals surface area contributed by atoms with E-state index in [-0.39, 0.29) is 5.75 Å². The zero-order chi connectivity index (χ0) is 11.0. The van der Waals surface area contributed by atoms with E-state index < -0.39 is 0 Å². The molecule has 0 radical (unpaired) electrons. The van der Waals surface area contributed by atoms with Crippen LogP contribution < -0.4 is 5.32 Å². The molecule has 0 amide bonds. The van der Waals surface area contributed by atoms with Crippen LogP contribution in [0.25, 0.3) is 0 Å². The lowest BCUT2D eigenvalue weighted by atomic mass is 10.1. The molecule has 0 unspecified atom stereocenters. The van der Waals surface area contributed by atoms with E-state index in [0.717, 1.165) is 27.5 Å². The summed E-state index contributed by atoms with van der Waals surface area (Å²) in [6.07, 6.45) is 2.29. The number of benzene rings is 1. The Balaban J connectivity index is 2.50. The van der Waals surface area contributed by atoms with Gasteiger partial charge in [0, 0.05) is 16.1 Å². The van der Waals surface area contributed by atoms with Gasteiger partial charge in [-0.2, -0.15) is 0 Å². The third-order valence-corrected chi connectivity index (χ3v) is 4.65. The summed E-state index contributed by atoms with van der Waals surface area (Å²) in [5.41, 5.74) is 1.10. The van der Waals surface area contributed by atoms with Crippen LogP contribution in [0.3, 0.4) is 0 Å². The highest BCUT2D eigenvalue weighted by Crippen LogP contribution is 2.43. The van der Waals surface area contributed by atoms with Gasteiger partial charge in [-0.15, -0.1) is 0 Å². The molecular formula is C10H10Br3NO. The molecule has 82 valence electrons. The summed E-state index contributed by atoms with van der Waals surface area (Å²) in [6, 6.07) is 2.21. The number of halogens is 3. The van der Waals surface area contributed by atoms with Gasteiger partial charge in [0.15, 0.2) is 0 Å². The third-order valence-electron chi connectivity index (χ3n) is 2.59. The Bertz CT molecular complexity index is 389. The van der Waals surface area contributed by atoms with Crippen LogP contribution in [0.4, 0.5) is 0 Å². The van der Waals surface area contributed by atoms with Crippen molar-refractivity contribution in [3.05, 3.63) is 25.0 Å². The number of nitrogens with one attached hydrogen (secondary N) is 1. The number of rotatable bonds is 1. The molecular weight excluding hydrogens is 390 g/mol. The zero-order valence-corrected chi connectivity index (χ0v) is 12.6. The maximum Gasteiger partial charge on any atom is 0.144 e. The minimum Gasteiger partial charge on any atom is -0.506 e. The molecule has 5 heteroatoms. The molecule has 0 saturated carbocycles. The molecule has 0 bridgehead atoms. The second-order valence-corrected chi connectivity index (χ2v) is 6.07. The van der Waals surface area contributed by atoms with Gasteiger partial charge in [-0.1, -0.05) is 15.9 Å². The lowest BCUT2D eigenvalue weighted by Crippen LogP contribution is -2.14. The Morgan fingerprint density at radius 3 is 2.60 bits per heavy atom. The normalized spacial score (nSPS) is 20.9. The van der Waals surface area contributed by atoms with Crippen LogP contribution in [0.15, 0.2) is 19.5 Å². The van der Waals surface area contributed by atoms with Crippen molar-refractivity contribution in [3.63, 3.8) is 0 Å². The van der Waals surface area contributed by atoms with Crippen molar-refractivity contribution in [2.45, 2.75) is 18.9 Å². The first-order valence-corrected chi connectivity index (χ1v) is 7.09. The van der Waals surface area contributed by atoms with E-state index in [1.807, 2.05) is 6.07 Å². The molecule has 2 rings (SSSR count). The number of phenolic OH excluding ortho intramolecular Hbond substituents is 1. The van der Waals surface area contributed by atoms with Gasteiger partial charge in [0.25, 0.3) is 0 Å². The second kappa shape index (κ2) is 4.73. The first-order valence-electron chi connectivity index (χ1n) is 4.71. The van der Waals surface area contributed by atoms with Crippen LogP contribution in [-0.2, 0) is 0 Å². The fraction of sp³-hybridized carbons (Fsp3) is 0.400. The lowest BCUT2D eigenvalue weighted by molar-refractivity contribution is 0.465. The number of phenols is 1. The Morgan fingerprint density at radius 1 is 1.27 bits per heavy atom. The van der Waals surface area contributed by atoms with Crippen molar-refractivity contribution in [1.82, 2.24) is 5.32 Å². The van der Waals surface area contributed by atoms with E-state index >= 15 is 0 Å². The molecule has 1 aromatic carbocycles. The zero-order valence-electron chi connectivity index (χ0n) is 7.86. The van der Waals surface area contributed by atoms with E-state index in [2.05, 4.69) is 53.1 Å². The van der Waals surface area contributed by atoms with Crippen molar-refractivity contribution in [2.75, 3.05) is 6.54 Å². The molecule has 0 aliphatic carbocycles. The van der Waals surface area contributed by atoms with E-state index in [4.69, 9.17) is 0 Å². The van der Waals surface area contributed by atoms with Crippen LogP contribution in [0, 0.1) is 0 Å². The number of hydrogen-bond acceptors (Lipinski definition) is 2.